The summed E-state index contributed by atoms with van der Waals surface area (Å²) in [4.78, 5) is 36.9. The van der Waals surface area contributed by atoms with Crippen LogP contribution in [0.15, 0.2) is 24.3 Å². The Bertz CT molecular complexity index is 653. The van der Waals surface area contributed by atoms with Crippen molar-refractivity contribution in [3.8, 4) is 0 Å². The third-order valence-corrected chi connectivity index (χ3v) is 3.23. The maximum absolute atomic E-state index is 13.1. The van der Waals surface area contributed by atoms with Crippen molar-refractivity contribution in [2.75, 3.05) is 4.90 Å². The zero-order chi connectivity index (χ0) is 18.1. The zero-order valence-corrected chi connectivity index (χ0v) is 13.8. The fourth-order valence-corrected chi connectivity index (χ4v) is 2.28. The van der Waals surface area contributed by atoms with Crippen LogP contribution in [0.5, 0.6) is 0 Å². The molecule has 1 aliphatic heterocycles. The van der Waals surface area contributed by atoms with Crippen molar-refractivity contribution in [2.24, 2.45) is 0 Å². The van der Waals surface area contributed by atoms with Gasteiger partial charge < -0.3 is 14.8 Å². The summed E-state index contributed by atoms with van der Waals surface area (Å²) >= 11 is 0. The molecule has 1 aliphatic rings. The van der Waals surface area contributed by atoms with Crippen molar-refractivity contribution < 1.29 is 28.2 Å². The molecule has 24 heavy (non-hydrogen) atoms. The van der Waals surface area contributed by atoms with E-state index in [1.54, 1.807) is 27.7 Å². The van der Waals surface area contributed by atoms with E-state index in [4.69, 9.17) is 4.74 Å². The molecule has 7 nitrogen and oxygen atoms in total. The van der Waals surface area contributed by atoms with Gasteiger partial charge >= 0.3 is 18.2 Å². The van der Waals surface area contributed by atoms with Gasteiger partial charge in [0.15, 0.2) is 6.04 Å². The Morgan fingerprint density at radius 1 is 1.29 bits per heavy atom. The molecular weight excluding hydrogens is 319 g/mol. The first-order chi connectivity index (χ1) is 11.1. The van der Waals surface area contributed by atoms with Crippen LogP contribution in [-0.4, -0.2) is 35.8 Å². The highest BCUT2D eigenvalue weighted by molar-refractivity contribution is 6.07. The molecule has 0 spiro atoms. The maximum atomic E-state index is 13.1. The van der Waals surface area contributed by atoms with E-state index in [0.29, 0.717) is 0 Å². The van der Waals surface area contributed by atoms with Crippen molar-refractivity contribution in [3.63, 3.8) is 0 Å². The highest BCUT2D eigenvalue weighted by Gasteiger charge is 2.46. The van der Waals surface area contributed by atoms with E-state index < -0.39 is 41.7 Å². The van der Waals surface area contributed by atoms with Gasteiger partial charge in [0.05, 0.1) is 6.04 Å². The number of amides is 2. The van der Waals surface area contributed by atoms with Gasteiger partial charge in [0, 0.05) is 5.69 Å². The summed E-state index contributed by atoms with van der Waals surface area (Å²) in [6.07, 6.45) is -1.60. The first-order valence-corrected chi connectivity index (χ1v) is 7.38. The Balaban J connectivity index is 2.19. The molecule has 0 aliphatic carbocycles. The fraction of sp³-hybridized carbons (Fsp3) is 0.438. The van der Waals surface area contributed by atoms with Crippen LogP contribution in [0.4, 0.5) is 19.7 Å². The van der Waals surface area contributed by atoms with Crippen molar-refractivity contribution in [1.82, 2.24) is 5.32 Å². The number of esters is 1. The van der Waals surface area contributed by atoms with Crippen molar-refractivity contribution in [1.29, 1.82) is 0 Å². The number of alkyl carbamates (subject to hydrolysis) is 1. The number of benzene rings is 1. The predicted molar refractivity (Wildman–Crippen MR) is 83.0 cm³/mol. The third kappa shape index (κ3) is 4.01. The number of nitrogens with one attached hydrogen (secondary N) is 1. The lowest BCUT2D eigenvalue weighted by Gasteiger charge is -2.27. The summed E-state index contributed by atoms with van der Waals surface area (Å²) in [5.74, 6) is -1.28. The summed E-state index contributed by atoms with van der Waals surface area (Å²) in [6.45, 7) is 6.66. The van der Waals surface area contributed by atoms with Gasteiger partial charge in [-0.1, -0.05) is 0 Å². The molecule has 0 unspecified atom stereocenters. The molecule has 130 valence electrons. The smallest absolute Gasteiger partial charge is 0.422 e. The van der Waals surface area contributed by atoms with Gasteiger partial charge in [-0.15, -0.1) is 0 Å². The monoisotopic (exact) mass is 338 g/mol. The first kappa shape index (κ1) is 17.7. The number of rotatable bonds is 3. The van der Waals surface area contributed by atoms with Crippen molar-refractivity contribution >= 4 is 23.8 Å². The molecule has 1 N–H and O–H groups in total. The lowest BCUT2D eigenvalue weighted by molar-refractivity contribution is -0.135. The molecule has 1 saturated heterocycles. The second-order valence-electron chi connectivity index (χ2n) is 6.41. The average Bonchev–Trinajstić information content (AvgIpc) is 2.72. The largest absolute Gasteiger partial charge is 0.444 e. The van der Waals surface area contributed by atoms with E-state index in [-0.39, 0.29) is 5.69 Å². The van der Waals surface area contributed by atoms with E-state index in [0.717, 1.165) is 17.0 Å². The van der Waals surface area contributed by atoms with Crippen LogP contribution in [0.3, 0.4) is 0 Å². The second-order valence-corrected chi connectivity index (χ2v) is 6.41. The lowest BCUT2D eigenvalue weighted by atomic mass is 10.1. The Morgan fingerprint density at radius 2 is 1.88 bits per heavy atom. The standard InChI is InChI=1S/C16H19FN2O5/c1-9(18-14(21)24-16(2,3)4)12-13(20)23-15(22)19(12)11-7-5-10(17)6-8-11/h5-9,12H,1-4H3,(H,18,21)/t9-,12+/m0/s1. The highest BCUT2D eigenvalue weighted by Crippen LogP contribution is 2.26. The van der Waals surface area contributed by atoms with Gasteiger partial charge in [-0.3, -0.25) is 4.90 Å². The van der Waals surface area contributed by atoms with E-state index in [2.05, 4.69) is 10.1 Å². The summed E-state index contributed by atoms with van der Waals surface area (Å²) in [5.41, 5.74) is -0.415. The number of nitrogens with zero attached hydrogens (tertiary/aromatic N) is 1. The number of carbonyl (C=O) groups is 3. The summed E-state index contributed by atoms with van der Waals surface area (Å²) in [6, 6.07) is 3.17. The summed E-state index contributed by atoms with van der Waals surface area (Å²) < 4.78 is 22.8. The fourth-order valence-electron chi connectivity index (χ4n) is 2.28. The summed E-state index contributed by atoms with van der Waals surface area (Å²) in [7, 11) is 0. The van der Waals surface area contributed by atoms with E-state index in [9.17, 15) is 18.8 Å². The van der Waals surface area contributed by atoms with Crippen LogP contribution in [-0.2, 0) is 14.3 Å². The Hall–Kier alpha value is -2.64. The van der Waals surface area contributed by atoms with E-state index >= 15 is 0 Å². The molecule has 1 aromatic rings. The molecule has 0 aromatic heterocycles. The van der Waals surface area contributed by atoms with Crippen LogP contribution < -0.4 is 10.2 Å². The summed E-state index contributed by atoms with van der Waals surface area (Å²) in [5, 5.41) is 2.51. The van der Waals surface area contributed by atoms with Gasteiger partial charge in [0.2, 0.25) is 0 Å². The van der Waals surface area contributed by atoms with Crippen LogP contribution in [0, 0.1) is 5.82 Å². The van der Waals surface area contributed by atoms with Gasteiger partial charge in [-0.2, -0.15) is 0 Å². The van der Waals surface area contributed by atoms with Gasteiger partial charge in [-0.05, 0) is 52.0 Å². The lowest BCUT2D eigenvalue weighted by Crippen LogP contribution is -2.52. The number of cyclic esters (lactones) is 2. The number of ether oxygens (including phenoxy) is 2. The number of anilines is 1. The van der Waals surface area contributed by atoms with Crippen LogP contribution in [0.25, 0.3) is 0 Å². The minimum Gasteiger partial charge on any atom is -0.444 e. The topological polar surface area (TPSA) is 84.9 Å². The molecule has 1 aromatic carbocycles. The molecule has 2 amide bonds. The number of carbonyl (C=O) groups excluding carboxylic acids is 3. The molecule has 1 heterocycles. The molecule has 8 heteroatoms. The Kier molecular flexibility index (Phi) is 4.77. The molecule has 2 rings (SSSR count). The third-order valence-electron chi connectivity index (χ3n) is 3.23. The molecule has 1 fully saturated rings. The normalized spacial score (nSPS) is 19.0. The quantitative estimate of drug-likeness (QED) is 0.676. The maximum Gasteiger partial charge on any atom is 0.422 e. The molecule has 0 radical (unpaired) electrons. The molecular formula is C16H19FN2O5. The predicted octanol–water partition coefficient (Wildman–Crippen LogP) is 2.59. The SMILES string of the molecule is C[C@H](NC(=O)OC(C)(C)C)[C@@H]1C(=O)OC(=O)N1c1ccc(F)cc1. The molecule has 2 atom stereocenters. The van der Waals surface area contributed by atoms with Crippen LogP contribution in [0.1, 0.15) is 27.7 Å². The minimum absolute atomic E-state index is 0.287. The number of hydrogen-bond acceptors (Lipinski definition) is 5. The van der Waals surface area contributed by atoms with E-state index in [1.807, 2.05) is 0 Å². The Morgan fingerprint density at radius 3 is 2.42 bits per heavy atom. The van der Waals surface area contributed by atoms with Gasteiger partial charge in [0.25, 0.3) is 0 Å². The number of hydrogen-bond donors (Lipinski definition) is 1. The van der Waals surface area contributed by atoms with Crippen LogP contribution >= 0.6 is 0 Å². The molecule has 0 bridgehead atoms. The zero-order valence-electron chi connectivity index (χ0n) is 13.8. The second kappa shape index (κ2) is 6.46. The van der Waals surface area contributed by atoms with Crippen molar-refractivity contribution in [3.05, 3.63) is 30.1 Å². The Labute approximate surface area is 138 Å². The minimum atomic E-state index is -1.07. The van der Waals surface area contributed by atoms with Gasteiger partial charge in [-0.25, -0.2) is 18.8 Å². The van der Waals surface area contributed by atoms with E-state index in [1.165, 1.54) is 12.1 Å². The highest BCUT2D eigenvalue weighted by atomic mass is 19.1. The first-order valence-electron chi connectivity index (χ1n) is 7.38. The molecule has 0 saturated carbocycles. The van der Waals surface area contributed by atoms with Crippen LogP contribution in [0.2, 0.25) is 0 Å². The van der Waals surface area contributed by atoms with Crippen molar-refractivity contribution in [2.45, 2.75) is 45.4 Å². The number of halogens is 1. The average molecular weight is 338 g/mol. The van der Waals surface area contributed by atoms with Gasteiger partial charge in [0.1, 0.15) is 11.4 Å².